The largest absolute Gasteiger partial charge is 0.489 e. The van der Waals surface area contributed by atoms with Crippen LogP contribution in [0.2, 0.25) is 0 Å². The van der Waals surface area contributed by atoms with Crippen molar-refractivity contribution < 1.29 is 14.1 Å². The van der Waals surface area contributed by atoms with E-state index in [2.05, 4.69) is 0 Å². The van der Waals surface area contributed by atoms with Crippen LogP contribution < -0.4 is 4.74 Å². The minimum absolute atomic E-state index is 0.0428. The zero-order chi connectivity index (χ0) is 14.5. The summed E-state index contributed by atoms with van der Waals surface area (Å²) < 4.78 is 18.6. The molecule has 6 heteroatoms. The zero-order valence-electron chi connectivity index (χ0n) is 10.4. The normalized spacial score (nSPS) is 10.3. The Morgan fingerprint density at radius 1 is 1.25 bits per heavy atom. The third kappa shape index (κ3) is 3.45. The van der Waals surface area contributed by atoms with Crippen LogP contribution in [0.1, 0.15) is 11.1 Å². The lowest BCUT2D eigenvalue weighted by Crippen LogP contribution is -1.99. The third-order valence-electron chi connectivity index (χ3n) is 2.68. The van der Waals surface area contributed by atoms with Crippen LogP contribution in [0.15, 0.2) is 42.5 Å². The van der Waals surface area contributed by atoms with E-state index in [1.165, 1.54) is 30.3 Å². The van der Waals surface area contributed by atoms with Gasteiger partial charge in [0, 0.05) is 17.7 Å². The van der Waals surface area contributed by atoms with Crippen LogP contribution in [0.4, 0.5) is 10.1 Å². The Hall–Kier alpha value is -2.14. The molecule has 2 rings (SSSR count). The molecule has 0 radical (unpaired) electrons. The molecule has 0 amide bonds. The molecule has 0 unspecified atom stereocenters. The van der Waals surface area contributed by atoms with Crippen LogP contribution in [0.5, 0.6) is 5.75 Å². The minimum atomic E-state index is -0.494. The Kier molecular flexibility index (Phi) is 4.53. The summed E-state index contributed by atoms with van der Waals surface area (Å²) in [4.78, 5) is 10.2. The van der Waals surface area contributed by atoms with Crippen molar-refractivity contribution in [2.75, 3.05) is 0 Å². The fourth-order valence-electron chi connectivity index (χ4n) is 1.71. The van der Waals surface area contributed by atoms with Gasteiger partial charge in [0.15, 0.2) is 0 Å². The molecule has 0 aliphatic carbocycles. The van der Waals surface area contributed by atoms with Crippen LogP contribution >= 0.6 is 11.6 Å². The molecule has 0 saturated carbocycles. The Morgan fingerprint density at radius 2 is 2.05 bits per heavy atom. The van der Waals surface area contributed by atoms with E-state index < -0.39 is 4.92 Å². The van der Waals surface area contributed by atoms with E-state index in [0.717, 1.165) is 0 Å². The molecule has 0 spiro atoms. The van der Waals surface area contributed by atoms with Crippen molar-refractivity contribution in [3.8, 4) is 5.75 Å². The molecule has 20 heavy (non-hydrogen) atoms. The molecule has 0 aromatic heterocycles. The molecule has 2 aromatic rings. The standard InChI is InChI=1S/C14H11ClFNO3/c15-8-11-7-13(17(18)19)4-5-14(11)20-9-10-2-1-3-12(16)6-10/h1-7H,8-9H2. The second kappa shape index (κ2) is 6.34. The highest BCUT2D eigenvalue weighted by atomic mass is 35.5. The lowest BCUT2D eigenvalue weighted by Gasteiger charge is -2.10. The van der Waals surface area contributed by atoms with Gasteiger partial charge in [-0.15, -0.1) is 11.6 Å². The van der Waals surface area contributed by atoms with Gasteiger partial charge in [-0.3, -0.25) is 10.1 Å². The first-order valence-corrected chi connectivity index (χ1v) is 6.34. The van der Waals surface area contributed by atoms with Crippen molar-refractivity contribution in [3.63, 3.8) is 0 Å². The maximum Gasteiger partial charge on any atom is 0.270 e. The molecule has 0 saturated heterocycles. The molecular weight excluding hydrogens is 285 g/mol. The summed E-state index contributed by atoms with van der Waals surface area (Å²) in [5, 5.41) is 10.7. The average molecular weight is 296 g/mol. The number of ether oxygens (including phenoxy) is 1. The Labute approximate surface area is 119 Å². The first-order chi connectivity index (χ1) is 9.60. The van der Waals surface area contributed by atoms with Crippen molar-refractivity contribution in [2.24, 2.45) is 0 Å². The van der Waals surface area contributed by atoms with Crippen molar-refractivity contribution in [2.45, 2.75) is 12.5 Å². The molecular formula is C14H11ClFNO3. The number of nitro groups is 1. The van der Waals surface area contributed by atoms with Gasteiger partial charge in [0.2, 0.25) is 0 Å². The van der Waals surface area contributed by atoms with E-state index in [4.69, 9.17) is 16.3 Å². The smallest absolute Gasteiger partial charge is 0.270 e. The van der Waals surface area contributed by atoms with Gasteiger partial charge in [-0.1, -0.05) is 12.1 Å². The minimum Gasteiger partial charge on any atom is -0.489 e. The Balaban J connectivity index is 2.15. The van der Waals surface area contributed by atoms with Gasteiger partial charge in [-0.05, 0) is 23.8 Å². The summed E-state index contributed by atoms with van der Waals surface area (Å²) in [5.74, 6) is 0.211. The summed E-state index contributed by atoms with van der Waals surface area (Å²) in [5.41, 5.74) is 1.15. The number of hydrogen-bond donors (Lipinski definition) is 0. The number of rotatable bonds is 5. The van der Waals surface area contributed by atoms with Crippen molar-refractivity contribution in [1.29, 1.82) is 0 Å². The highest BCUT2D eigenvalue weighted by molar-refractivity contribution is 6.17. The molecule has 0 atom stereocenters. The Bertz CT molecular complexity index is 634. The number of hydrogen-bond acceptors (Lipinski definition) is 3. The van der Waals surface area contributed by atoms with Gasteiger partial charge in [-0.2, -0.15) is 0 Å². The van der Waals surface area contributed by atoms with E-state index >= 15 is 0 Å². The van der Waals surface area contributed by atoms with E-state index in [0.29, 0.717) is 16.9 Å². The monoisotopic (exact) mass is 295 g/mol. The third-order valence-corrected chi connectivity index (χ3v) is 2.97. The fourth-order valence-corrected chi connectivity index (χ4v) is 1.92. The second-order valence-corrected chi connectivity index (χ2v) is 4.37. The maximum atomic E-state index is 13.0. The fraction of sp³-hybridized carbons (Fsp3) is 0.143. The van der Waals surface area contributed by atoms with Crippen LogP contribution in [0.25, 0.3) is 0 Å². The summed E-state index contributed by atoms with van der Waals surface area (Å²) in [7, 11) is 0. The van der Waals surface area contributed by atoms with Crippen molar-refractivity contribution in [1.82, 2.24) is 0 Å². The number of non-ortho nitro benzene ring substituents is 1. The Morgan fingerprint density at radius 3 is 2.70 bits per heavy atom. The maximum absolute atomic E-state index is 13.0. The molecule has 0 bridgehead atoms. The topological polar surface area (TPSA) is 52.4 Å². The van der Waals surface area contributed by atoms with Gasteiger partial charge in [0.05, 0.1) is 10.8 Å². The number of alkyl halides is 1. The quantitative estimate of drug-likeness (QED) is 0.475. The van der Waals surface area contributed by atoms with Crippen LogP contribution in [-0.2, 0) is 12.5 Å². The number of nitro benzene ring substituents is 1. The molecule has 0 heterocycles. The summed E-state index contributed by atoms with van der Waals surface area (Å²) in [6.45, 7) is 0.166. The van der Waals surface area contributed by atoms with Gasteiger partial charge in [0.25, 0.3) is 5.69 Å². The molecule has 104 valence electrons. The highest BCUT2D eigenvalue weighted by Crippen LogP contribution is 2.26. The van der Waals surface area contributed by atoms with Crippen LogP contribution in [0, 0.1) is 15.9 Å². The van der Waals surface area contributed by atoms with Gasteiger partial charge >= 0.3 is 0 Å². The van der Waals surface area contributed by atoms with Gasteiger partial charge in [-0.25, -0.2) is 4.39 Å². The SMILES string of the molecule is O=[N+]([O-])c1ccc(OCc2cccc(F)c2)c(CCl)c1. The van der Waals surface area contributed by atoms with Crippen LogP contribution in [0.3, 0.4) is 0 Å². The summed E-state index contributed by atoms with van der Waals surface area (Å²) in [6, 6.07) is 10.2. The number of benzene rings is 2. The summed E-state index contributed by atoms with van der Waals surface area (Å²) in [6.07, 6.45) is 0. The predicted octanol–water partition coefficient (Wildman–Crippen LogP) is 4.05. The lowest BCUT2D eigenvalue weighted by molar-refractivity contribution is -0.384. The van der Waals surface area contributed by atoms with E-state index in [1.807, 2.05) is 0 Å². The van der Waals surface area contributed by atoms with Crippen molar-refractivity contribution in [3.05, 3.63) is 69.5 Å². The predicted molar refractivity (Wildman–Crippen MR) is 73.4 cm³/mol. The first-order valence-electron chi connectivity index (χ1n) is 5.80. The van der Waals surface area contributed by atoms with E-state index in [9.17, 15) is 14.5 Å². The van der Waals surface area contributed by atoms with Crippen molar-refractivity contribution >= 4 is 17.3 Å². The van der Waals surface area contributed by atoms with E-state index in [-0.39, 0.29) is 24.0 Å². The molecule has 0 fully saturated rings. The zero-order valence-corrected chi connectivity index (χ0v) is 11.1. The lowest BCUT2D eigenvalue weighted by atomic mass is 10.2. The van der Waals surface area contributed by atoms with E-state index in [1.54, 1.807) is 12.1 Å². The van der Waals surface area contributed by atoms with Crippen LogP contribution in [-0.4, -0.2) is 4.92 Å². The van der Waals surface area contributed by atoms with Gasteiger partial charge < -0.3 is 4.74 Å². The highest BCUT2D eigenvalue weighted by Gasteiger charge is 2.11. The molecule has 0 aliphatic heterocycles. The average Bonchev–Trinajstić information content (AvgIpc) is 2.45. The molecule has 4 nitrogen and oxygen atoms in total. The number of halogens is 2. The molecule has 2 aromatic carbocycles. The second-order valence-electron chi connectivity index (χ2n) is 4.10. The first kappa shape index (κ1) is 14.3. The molecule has 0 N–H and O–H groups in total. The summed E-state index contributed by atoms with van der Waals surface area (Å²) >= 11 is 5.75. The number of nitrogens with zero attached hydrogens (tertiary/aromatic N) is 1. The van der Waals surface area contributed by atoms with Gasteiger partial charge in [0.1, 0.15) is 18.2 Å². The molecule has 0 aliphatic rings.